The maximum Gasteiger partial charge on any atom is 0.407 e. The Morgan fingerprint density at radius 3 is 1.09 bits per heavy atom. The number of nitrogens with one attached hydrogen (secondary N) is 4. The molecule has 4 amide bonds. The molecule has 4 unspecified atom stereocenters. The molecular formula is C49H74N8O23. The minimum atomic E-state index is -1.50. The summed E-state index contributed by atoms with van der Waals surface area (Å²) in [5.41, 5.74) is 0.735. The zero-order valence-corrected chi connectivity index (χ0v) is 44.4. The molecule has 0 aliphatic heterocycles. The Kier molecular flexibility index (Phi) is 34.4. The maximum absolute atomic E-state index is 14.2. The van der Waals surface area contributed by atoms with Crippen molar-refractivity contribution in [3.8, 4) is 0 Å². The Hall–Kier alpha value is -8.03. The number of rotatable bonds is 46. The van der Waals surface area contributed by atoms with Crippen LogP contribution in [0.2, 0.25) is 0 Å². The number of alkyl carbamates (subject to hydrolysis) is 1. The van der Waals surface area contributed by atoms with Crippen molar-refractivity contribution in [3.63, 3.8) is 0 Å². The third kappa shape index (κ3) is 31.4. The molecule has 4 atom stereocenters. The standard InChI is InChI=1S/C49H74N8O23/c1-79-44(70)30-57(29-43(68)69)36(48(76)77)18-8-11-21-52-45(71)33(15-5-12-22-53-49(78)80-31-32-13-3-2-4-14-32)54(23-37(58)50-19-9-6-16-34(46(72)73)55(25-39(60)61)26-40(62)63)24-38(59)51-20-10-7-17-35(47(74)75)56(27-41(64)65)28-42(66)67/h2-4,13-14,33-36H,5-12,15-31H2,1H3,(H,50,58)(H,51,59)(H,52,71)(H,53,78)(H,60,61)(H,62,63)(H,64,65)(H,66,67)(H,68,69)(H,72,73)(H,74,75)(H,76,77). The Morgan fingerprint density at radius 2 is 0.738 bits per heavy atom. The van der Waals surface area contributed by atoms with Crippen molar-refractivity contribution in [2.24, 2.45) is 0 Å². The van der Waals surface area contributed by atoms with Crippen LogP contribution in [-0.4, -0.2) is 248 Å². The topological polar surface area (TPSA) is 463 Å². The number of hydrogen-bond acceptors (Lipinski definition) is 19. The van der Waals surface area contributed by atoms with Crippen LogP contribution in [0.3, 0.4) is 0 Å². The number of carboxylic acid groups (broad SMARTS) is 8. The number of ether oxygens (including phenoxy) is 2. The van der Waals surface area contributed by atoms with Gasteiger partial charge in [-0.2, -0.15) is 0 Å². The molecular weight excluding hydrogens is 1070 g/mol. The lowest BCUT2D eigenvalue weighted by atomic mass is 10.1. The molecule has 0 bridgehead atoms. The first-order valence-electron chi connectivity index (χ1n) is 25.4. The highest BCUT2D eigenvalue weighted by molar-refractivity contribution is 5.86. The summed E-state index contributed by atoms with van der Waals surface area (Å²) >= 11 is 0. The zero-order chi connectivity index (χ0) is 60.2. The molecule has 1 aromatic carbocycles. The van der Waals surface area contributed by atoms with Crippen LogP contribution in [0.5, 0.6) is 0 Å². The Morgan fingerprint density at radius 1 is 0.412 bits per heavy atom. The Labute approximate surface area is 459 Å². The molecule has 0 aliphatic carbocycles. The normalized spacial score (nSPS) is 12.6. The van der Waals surface area contributed by atoms with Gasteiger partial charge < -0.3 is 71.6 Å². The number of amides is 4. The van der Waals surface area contributed by atoms with Crippen molar-refractivity contribution in [1.29, 1.82) is 0 Å². The van der Waals surface area contributed by atoms with Crippen LogP contribution in [0.25, 0.3) is 0 Å². The predicted octanol–water partition coefficient (Wildman–Crippen LogP) is -1.53. The summed E-state index contributed by atoms with van der Waals surface area (Å²) in [7, 11) is 1.05. The van der Waals surface area contributed by atoms with E-state index in [0.717, 1.165) is 27.4 Å². The summed E-state index contributed by atoms with van der Waals surface area (Å²) in [5.74, 6) is -14.6. The Bertz CT molecular complexity index is 2110. The second kappa shape index (κ2) is 39.3. The molecule has 448 valence electrons. The van der Waals surface area contributed by atoms with Gasteiger partial charge in [-0.1, -0.05) is 30.3 Å². The average Bonchev–Trinajstić information content (AvgIpc) is 3.35. The van der Waals surface area contributed by atoms with Gasteiger partial charge in [-0.25, -0.2) is 4.79 Å². The highest BCUT2D eigenvalue weighted by atomic mass is 16.5. The molecule has 0 saturated carbocycles. The van der Waals surface area contributed by atoms with Gasteiger partial charge in [0.25, 0.3) is 0 Å². The van der Waals surface area contributed by atoms with E-state index in [4.69, 9.17) is 4.74 Å². The zero-order valence-electron chi connectivity index (χ0n) is 44.4. The molecule has 0 spiro atoms. The lowest BCUT2D eigenvalue weighted by molar-refractivity contribution is -0.153. The summed E-state index contributed by atoms with van der Waals surface area (Å²) in [4.78, 5) is 163. The summed E-state index contributed by atoms with van der Waals surface area (Å²) in [6.45, 7) is -6.39. The van der Waals surface area contributed by atoms with Gasteiger partial charge in [-0.15, -0.1) is 0 Å². The van der Waals surface area contributed by atoms with Gasteiger partial charge in [0.15, 0.2) is 0 Å². The van der Waals surface area contributed by atoms with Crippen LogP contribution in [0.4, 0.5) is 4.79 Å². The Balaban J connectivity index is 3.38. The van der Waals surface area contributed by atoms with Gasteiger partial charge in [0.2, 0.25) is 17.7 Å². The molecule has 1 aromatic rings. The summed E-state index contributed by atoms with van der Waals surface area (Å²) in [5, 5.41) is 86.2. The minimum absolute atomic E-state index is 0.0128. The molecule has 0 heterocycles. The van der Waals surface area contributed by atoms with Gasteiger partial charge in [0.1, 0.15) is 24.7 Å². The van der Waals surface area contributed by atoms with E-state index in [-0.39, 0.29) is 110 Å². The number of hydrogen-bond donors (Lipinski definition) is 12. The number of nitrogens with zero attached hydrogens (tertiary/aromatic N) is 4. The van der Waals surface area contributed by atoms with Crippen LogP contribution in [0.1, 0.15) is 82.6 Å². The molecule has 0 fully saturated rings. The molecule has 12 N–H and O–H groups in total. The molecule has 31 nitrogen and oxygen atoms in total. The first kappa shape index (κ1) is 70.0. The first-order valence-corrected chi connectivity index (χ1v) is 25.4. The molecule has 0 aliphatic rings. The van der Waals surface area contributed by atoms with Crippen LogP contribution in [0, 0.1) is 0 Å². The van der Waals surface area contributed by atoms with Crippen LogP contribution < -0.4 is 21.3 Å². The van der Waals surface area contributed by atoms with E-state index in [1.54, 1.807) is 30.3 Å². The molecule has 31 heteroatoms. The largest absolute Gasteiger partial charge is 0.480 e. The fourth-order valence-electron chi connectivity index (χ4n) is 8.15. The van der Waals surface area contributed by atoms with Crippen molar-refractivity contribution in [2.75, 3.05) is 85.6 Å². The van der Waals surface area contributed by atoms with Crippen molar-refractivity contribution >= 4 is 77.5 Å². The van der Waals surface area contributed by atoms with E-state index < -0.39 is 154 Å². The van der Waals surface area contributed by atoms with Crippen molar-refractivity contribution in [1.82, 2.24) is 40.9 Å². The van der Waals surface area contributed by atoms with Gasteiger partial charge in [-0.3, -0.25) is 77.1 Å². The van der Waals surface area contributed by atoms with Crippen LogP contribution in [-0.2, 0) is 73.6 Å². The van der Waals surface area contributed by atoms with Gasteiger partial charge >= 0.3 is 59.8 Å². The summed E-state index contributed by atoms with van der Waals surface area (Å²) in [6, 6.07) is 3.14. The highest BCUT2D eigenvalue weighted by Gasteiger charge is 2.33. The number of unbranched alkanes of at least 4 members (excludes halogenated alkanes) is 4. The van der Waals surface area contributed by atoms with E-state index in [1.807, 2.05) is 0 Å². The quantitative estimate of drug-likeness (QED) is 0.0260. The molecule has 80 heavy (non-hydrogen) atoms. The third-order valence-electron chi connectivity index (χ3n) is 11.9. The van der Waals surface area contributed by atoms with Crippen molar-refractivity contribution in [3.05, 3.63) is 35.9 Å². The van der Waals surface area contributed by atoms with E-state index in [2.05, 4.69) is 26.0 Å². The summed E-state index contributed by atoms with van der Waals surface area (Å²) in [6.07, 6.45) is -0.300. The van der Waals surface area contributed by atoms with Gasteiger partial charge in [0.05, 0.1) is 65.5 Å². The lowest BCUT2D eigenvalue weighted by Gasteiger charge is -2.30. The van der Waals surface area contributed by atoms with E-state index in [1.165, 1.54) is 4.90 Å². The van der Waals surface area contributed by atoms with E-state index in [9.17, 15) is 103 Å². The number of carboxylic acids is 8. The van der Waals surface area contributed by atoms with E-state index in [0.29, 0.717) is 0 Å². The highest BCUT2D eigenvalue weighted by Crippen LogP contribution is 2.15. The minimum Gasteiger partial charge on any atom is -0.480 e. The number of benzene rings is 1. The monoisotopic (exact) mass is 1140 g/mol. The molecule has 0 radical (unpaired) electrons. The van der Waals surface area contributed by atoms with Crippen LogP contribution >= 0.6 is 0 Å². The van der Waals surface area contributed by atoms with Crippen molar-refractivity contribution in [2.45, 2.75) is 108 Å². The molecule has 0 saturated heterocycles. The fraction of sp³-hybridized carbons (Fsp3) is 0.612. The smallest absolute Gasteiger partial charge is 0.407 e. The number of methoxy groups -OCH3 is 1. The van der Waals surface area contributed by atoms with Gasteiger partial charge in [-0.05, 0) is 82.6 Å². The number of carbonyl (C=O) groups is 13. The molecule has 0 aromatic heterocycles. The van der Waals surface area contributed by atoms with E-state index >= 15 is 0 Å². The van der Waals surface area contributed by atoms with Crippen LogP contribution in [0.15, 0.2) is 30.3 Å². The fourth-order valence-corrected chi connectivity index (χ4v) is 8.15. The summed E-state index contributed by atoms with van der Waals surface area (Å²) < 4.78 is 9.82. The number of carbonyl (C=O) groups excluding carboxylic acids is 5. The number of esters is 1. The average molecular weight is 1140 g/mol. The molecule has 1 rings (SSSR count). The third-order valence-corrected chi connectivity index (χ3v) is 11.9. The SMILES string of the molecule is COC(=O)CN(CC(=O)O)C(CCCCNC(=O)C(CCCCNC(=O)OCc1ccccc1)N(CC(=O)NCCCCC(C(=O)O)N(CC(=O)O)CC(=O)O)CC(=O)NCCCCC(C(=O)O)N(CC(=O)O)CC(=O)O)C(=O)O. The second-order valence-electron chi connectivity index (χ2n) is 18.2. The predicted molar refractivity (Wildman–Crippen MR) is 274 cm³/mol. The second-order valence-corrected chi connectivity index (χ2v) is 18.2. The van der Waals surface area contributed by atoms with Crippen molar-refractivity contribution < 1.29 is 113 Å². The number of aliphatic carboxylic acids is 8. The first-order chi connectivity index (χ1) is 37.8. The lowest BCUT2D eigenvalue weighted by Crippen LogP contribution is -2.53. The maximum atomic E-state index is 14.2. The van der Waals surface area contributed by atoms with Gasteiger partial charge in [0, 0.05) is 26.2 Å².